The second kappa shape index (κ2) is 13.8. The van der Waals surface area contributed by atoms with Crippen LogP contribution in [-0.4, -0.2) is 8.75 Å². The maximum absolute atomic E-state index is 15.4. The summed E-state index contributed by atoms with van der Waals surface area (Å²) in [4.78, 5) is 3.80. The maximum Gasteiger partial charge on any atom is 0.132 e. The lowest BCUT2D eigenvalue weighted by Gasteiger charge is -2.10. The van der Waals surface area contributed by atoms with Gasteiger partial charge in [0.15, 0.2) is 0 Å². The van der Waals surface area contributed by atoms with Gasteiger partial charge >= 0.3 is 0 Å². The number of thiophene rings is 2. The van der Waals surface area contributed by atoms with Gasteiger partial charge in [-0.3, -0.25) is 0 Å². The molecular formula is C36H36F2N2P2S3. The van der Waals surface area contributed by atoms with Gasteiger partial charge in [0.05, 0.1) is 11.7 Å². The van der Waals surface area contributed by atoms with E-state index in [1.165, 1.54) is 11.7 Å². The predicted octanol–water partition coefficient (Wildman–Crippen LogP) is 10.9. The summed E-state index contributed by atoms with van der Waals surface area (Å²) in [7, 11) is 5.46. The van der Waals surface area contributed by atoms with Crippen LogP contribution in [0.1, 0.15) is 51.7 Å². The summed E-state index contributed by atoms with van der Waals surface area (Å²) in [5, 5.41) is 1.75. The van der Waals surface area contributed by atoms with Gasteiger partial charge in [-0.05, 0) is 95.7 Å². The largest absolute Gasteiger partial charge is 0.206 e. The third-order valence-electron chi connectivity index (χ3n) is 8.03. The van der Waals surface area contributed by atoms with Crippen molar-refractivity contribution in [3.8, 4) is 41.8 Å². The third kappa shape index (κ3) is 6.99. The molecule has 45 heavy (non-hydrogen) atoms. The van der Waals surface area contributed by atoms with Crippen molar-refractivity contribution in [2.45, 2.75) is 53.4 Å². The van der Waals surface area contributed by atoms with Gasteiger partial charge in [-0.25, -0.2) is 8.78 Å². The number of aromatic nitrogens is 2. The minimum Gasteiger partial charge on any atom is -0.206 e. The first kappa shape index (κ1) is 32.5. The number of halogens is 2. The average molecular weight is 693 g/mol. The molecule has 232 valence electrons. The van der Waals surface area contributed by atoms with Gasteiger partial charge < -0.3 is 0 Å². The SMILES string of the molecule is CC(C)CCc1cc(F)c(-c2ccc(-c3ccc(-c4ccc(-c5c(F)cc(CCC(C)C)cc5P)s4)c4nsnc34)s2)c(P)c1. The Balaban J connectivity index is 1.30. The van der Waals surface area contributed by atoms with E-state index >= 15 is 8.78 Å². The predicted molar refractivity (Wildman–Crippen MR) is 200 cm³/mol. The highest BCUT2D eigenvalue weighted by atomic mass is 32.1. The van der Waals surface area contributed by atoms with Crippen molar-refractivity contribution in [3.63, 3.8) is 0 Å². The second-order valence-electron chi connectivity index (χ2n) is 12.4. The van der Waals surface area contributed by atoms with Crippen molar-refractivity contribution in [2.24, 2.45) is 11.8 Å². The van der Waals surface area contributed by atoms with E-state index in [0.717, 1.165) is 89.1 Å². The summed E-state index contributed by atoms with van der Waals surface area (Å²) in [6.45, 7) is 8.75. The van der Waals surface area contributed by atoms with E-state index in [0.29, 0.717) is 23.0 Å². The zero-order valence-corrected chi connectivity index (χ0v) is 30.5. The summed E-state index contributed by atoms with van der Waals surface area (Å²) in [5.74, 6) is 0.783. The Kier molecular flexibility index (Phi) is 9.95. The molecule has 3 aromatic carbocycles. The molecule has 0 aliphatic rings. The van der Waals surface area contributed by atoms with Crippen LogP contribution in [0.15, 0.2) is 60.7 Å². The van der Waals surface area contributed by atoms with Gasteiger partial charge in [0.2, 0.25) is 0 Å². The molecule has 0 aliphatic heterocycles. The molecule has 0 radical (unpaired) electrons. The van der Waals surface area contributed by atoms with E-state index < -0.39 is 0 Å². The topological polar surface area (TPSA) is 25.8 Å². The van der Waals surface area contributed by atoms with Crippen molar-refractivity contribution in [1.29, 1.82) is 0 Å². The molecule has 0 bridgehead atoms. The van der Waals surface area contributed by atoms with Crippen LogP contribution < -0.4 is 10.6 Å². The fraction of sp³-hybridized carbons (Fsp3) is 0.278. The van der Waals surface area contributed by atoms with Gasteiger partial charge in [0.25, 0.3) is 0 Å². The van der Waals surface area contributed by atoms with Crippen LogP contribution in [0.25, 0.3) is 52.8 Å². The number of aryl methyl sites for hydroxylation is 2. The van der Waals surface area contributed by atoms with E-state index in [1.54, 1.807) is 34.8 Å². The van der Waals surface area contributed by atoms with Gasteiger partial charge in [0.1, 0.15) is 22.7 Å². The summed E-state index contributed by atoms with van der Waals surface area (Å²) < 4.78 is 40.1. The van der Waals surface area contributed by atoms with Crippen LogP contribution in [0.4, 0.5) is 8.78 Å². The lowest BCUT2D eigenvalue weighted by atomic mass is 10.0. The molecule has 0 N–H and O–H groups in total. The van der Waals surface area contributed by atoms with Gasteiger partial charge in [-0.15, -0.1) is 41.2 Å². The first-order chi connectivity index (χ1) is 21.6. The van der Waals surface area contributed by atoms with Crippen LogP contribution in [-0.2, 0) is 12.8 Å². The lowest BCUT2D eigenvalue weighted by molar-refractivity contribution is 0.582. The fourth-order valence-electron chi connectivity index (χ4n) is 5.59. The van der Waals surface area contributed by atoms with E-state index in [2.05, 4.69) is 79.2 Å². The van der Waals surface area contributed by atoms with Crippen LogP contribution in [0, 0.1) is 23.5 Å². The molecule has 0 aliphatic carbocycles. The first-order valence-electron chi connectivity index (χ1n) is 15.2. The maximum atomic E-state index is 15.4. The molecular weight excluding hydrogens is 657 g/mol. The van der Waals surface area contributed by atoms with E-state index in [9.17, 15) is 0 Å². The van der Waals surface area contributed by atoms with Gasteiger partial charge in [-0.1, -0.05) is 52.0 Å². The fourth-order valence-corrected chi connectivity index (χ4v) is 9.59. The summed E-state index contributed by atoms with van der Waals surface area (Å²) in [6, 6.07) is 19.8. The van der Waals surface area contributed by atoms with Crippen LogP contribution in [0.3, 0.4) is 0 Å². The lowest BCUT2D eigenvalue weighted by Crippen LogP contribution is -2.03. The number of fused-ring (bicyclic) bond motifs is 1. The molecule has 0 spiro atoms. The van der Waals surface area contributed by atoms with Crippen LogP contribution in [0.2, 0.25) is 0 Å². The smallest absolute Gasteiger partial charge is 0.132 e. The van der Waals surface area contributed by atoms with Gasteiger partial charge in [0, 0.05) is 41.8 Å². The number of nitrogens with zero attached hydrogens (tertiary/aromatic N) is 2. The monoisotopic (exact) mass is 692 g/mol. The molecule has 3 heterocycles. The Bertz CT molecular complexity index is 1800. The molecule has 0 saturated carbocycles. The van der Waals surface area contributed by atoms with E-state index in [4.69, 9.17) is 0 Å². The van der Waals surface area contributed by atoms with Crippen molar-refractivity contribution >= 4 is 74.5 Å². The van der Waals surface area contributed by atoms with Crippen molar-refractivity contribution < 1.29 is 8.78 Å². The van der Waals surface area contributed by atoms with Gasteiger partial charge in [-0.2, -0.15) is 8.75 Å². The molecule has 0 amide bonds. The summed E-state index contributed by atoms with van der Waals surface area (Å²) >= 11 is 4.31. The van der Waals surface area contributed by atoms with E-state index in [1.807, 2.05) is 24.3 Å². The van der Waals surface area contributed by atoms with Crippen LogP contribution >= 0.6 is 52.9 Å². The van der Waals surface area contributed by atoms with Crippen molar-refractivity contribution in [3.05, 3.63) is 83.4 Å². The Labute approximate surface area is 281 Å². The Morgan fingerprint density at radius 1 is 0.600 bits per heavy atom. The highest BCUT2D eigenvalue weighted by Gasteiger charge is 2.20. The molecule has 9 heteroatoms. The highest BCUT2D eigenvalue weighted by Crippen LogP contribution is 2.43. The minimum atomic E-state index is -0.186. The standard InChI is InChI=1S/C36H36F2N2P2S3/c1-19(2)5-7-21-15-25(37)33(27(41)17-21)31-13-11-29(43-31)23-9-10-24(36-35(23)39-45-40-36)30-12-14-32(44-30)34-26(38)16-22(18-28(34)42)8-6-20(3)4/h9-20H,5-8,41-42H2,1-4H3. The molecule has 2 nitrogen and oxygen atoms in total. The van der Waals surface area contributed by atoms with Crippen LogP contribution in [0.5, 0.6) is 0 Å². The van der Waals surface area contributed by atoms with E-state index in [-0.39, 0.29) is 11.6 Å². The molecule has 0 saturated heterocycles. The molecule has 2 unspecified atom stereocenters. The molecule has 6 aromatic rings. The quantitative estimate of drug-likeness (QED) is 0.134. The number of benzene rings is 3. The molecule has 6 rings (SSSR count). The second-order valence-corrected chi connectivity index (χ2v) is 16.3. The number of hydrogen-bond donors (Lipinski definition) is 0. The average Bonchev–Trinajstić information content (AvgIpc) is 3.76. The van der Waals surface area contributed by atoms with Crippen molar-refractivity contribution in [2.75, 3.05) is 0 Å². The molecule has 0 fully saturated rings. The van der Waals surface area contributed by atoms with Crippen molar-refractivity contribution in [1.82, 2.24) is 8.75 Å². The Morgan fingerprint density at radius 3 is 1.38 bits per heavy atom. The molecule has 2 atom stereocenters. The first-order valence-corrected chi connectivity index (χ1v) is 18.7. The normalized spacial score (nSPS) is 11.9. The summed E-state index contributed by atoms with van der Waals surface area (Å²) in [6.07, 6.45) is 3.82. The number of hydrogen-bond acceptors (Lipinski definition) is 5. The zero-order valence-electron chi connectivity index (χ0n) is 25.8. The highest BCUT2D eigenvalue weighted by molar-refractivity contribution is 7.29. The zero-order chi connectivity index (χ0) is 31.8. The third-order valence-corrected chi connectivity index (χ3v) is 11.7. The molecule has 3 aromatic heterocycles. The number of rotatable bonds is 10. The summed E-state index contributed by atoms with van der Waals surface area (Å²) in [5.41, 5.74) is 6.93. The Morgan fingerprint density at radius 2 is 1.00 bits per heavy atom. The minimum absolute atomic E-state index is 0.186. The Hall–Kier alpha value is -2.40.